The number of amides is 1. The zero-order chi connectivity index (χ0) is 25.2. The Hall–Kier alpha value is -2.92. The number of nitrogens with zero attached hydrogens (tertiary/aromatic N) is 4. The number of rotatable bonds is 9. The van der Waals surface area contributed by atoms with Gasteiger partial charge < -0.3 is 29.1 Å². The van der Waals surface area contributed by atoms with E-state index >= 15 is 0 Å². The number of ether oxygens (including phenoxy) is 2. The van der Waals surface area contributed by atoms with Crippen molar-refractivity contribution in [3.05, 3.63) is 24.9 Å². The number of carbonyl (C=O) groups excluding carboxylic acids is 1. The van der Waals surface area contributed by atoms with Crippen molar-refractivity contribution in [2.45, 2.75) is 83.7 Å². The third kappa shape index (κ3) is 6.60. The highest BCUT2D eigenvalue weighted by Gasteiger charge is 2.33. The minimum absolute atomic E-state index is 0.0656. The van der Waals surface area contributed by atoms with E-state index in [0.29, 0.717) is 12.6 Å². The maximum absolute atomic E-state index is 12.1. The second kappa shape index (κ2) is 9.98. The first-order chi connectivity index (χ1) is 16.5. The molecule has 0 aliphatic heterocycles. The lowest BCUT2D eigenvalue weighted by atomic mass is 9.86. The van der Waals surface area contributed by atoms with Crippen molar-refractivity contribution >= 4 is 30.9 Å². The highest BCUT2D eigenvalue weighted by Crippen LogP contribution is 2.36. The van der Waals surface area contributed by atoms with Gasteiger partial charge in [-0.15, -0.1) is 10.2 Å². The van der Waals surface area contributed by atoms with Gasteiger partial charge >= 0.3 is 6.09 Å². The predicted octanol–water partition coefficient (Wildman–Crippen LogP) is 4.87. The minimum atomic E-state index is -1.14. The molecule has 35 heavy (non-hydrogen) atoms. The van der Waals surface area contributed by atoms with Crippen LogP contribution in [0.1, 0.15) is 33.6 Å². The molecule has 1 fully saturated rings. The van der Waals surface area contributed by atoms with Gasteiger partial charge in [-0.3, -0.25) is 0 Å². The molecule has 10 nitrogen and oxygen atoms in total. The third-order valence-electron chi connectivity index (χ3n) is 5.81. The van der Waals surface area contributed by atoms with Crippen LogP contribution in [0.5, 0.6) is 0 Å². The van der Waals surface area contributed by atoms with Crippen molar-refractivity contribution in [2.24, 2.45) is 0 Å². The van der Waals surface area contributed by atoms with Crippen molar-refractivity contribution in [1.82, 2.24) is 25.1 Å². The van der Waals surface area contributed by atoms with Crippen LogP contribution in [-0.2, 0) is 16.2 Å². The number of hydrogen-bond acceptors (Lipinski definition) is 8. The number of nitrogens with one attached hydrogen (secondary N) is 2. The number of carbonyl (C=O) groups is 1. The van der Waals surface area contributed by atoms with E-state index in [9.17, 15) is 4.79 Å². The van der Waals surface area contributed by atoms with Crippen LogP contribution in [0.25, 0.3) is 22.5 Å². The van der Waals surface area contributed by atoms with E-state index in [1.54, 1.807) is 6.20 Å². The standard InChI is InChI=1S/C24H36N6O4Si/c1-24(2,3)34-23(31)28-17-11-16(12-17)27-20-18-7-8-30(15-32-9-10-35(4,5)6)21(18)25-13-19(20)22-29-26-14-33-22/h7-8,13-14,16-17H,9-12,15H2,1-6H3,(H,25,27)(H,28,31)/t16-,17+. The van der Waals surface area contributed by atoms with E-state index in [4.69, 9.17) is 13.9 Å². The molecule has 0 unspecified atom stereocenters. The molecular formula is C24H36N6O4Si. The van der Waals surface area contributed by atoms with Crippen molar-refractivity contribution in [3.63, 3.8) is 0 Å². The number of aromatic nitrogens is 4. The molecule has 1 saturated carbocycles. The molecule has 1 aliphatic carbocycles. The summed E-state index contributed by atoms with van der Waals surface area (Å²) in [5.41, 5.74) is 1.95. The molecule has 2 N–H and O–H groups in total. The van der Waals surface area contributed by atoms with Crippen LogP contribution in [0, 0.1) is 0 Å². The summed E-state index contributed by atoms with van der Waals surface area (Å²) in [7, 11) is -1.14. The van der Waals surface area contributed by atoms with Crippen LogP contribution >= 0.6 is 0 Å². The van der Waals surface area contributed by atoms with Gasteiger partial charge in [0, 0.05) is 44.5 Å². The Morgan fingerprint density at radius 3 is 2.69 bits per heavy atom. The molecule has 4 rings (SSSR count). The molecule has 0 bridgehead atoms. The van der Waals surface area contributed by atoms with Crippen LogP contribution < -0.4 is 10.6 Å². The SMILES string of the molecule is CC(C)(C)OC(=O)N[C@H]1C[C@@H](Nc2c(-c3nnco3)cnc3c2ccn3COCC[Si](C)(C)C)C1. The van der Waals surface area contributed by atoms with Gasteiger partial charge in [-0.2, -0.15) is 0 Å². The van der Waals surface area contributed by atoms with Crippen molar-refractivity contribution < 1.29 is 18.7 Å². The molecule has 3 aromatic heterocycles. The second-order valence-corrected chi connectivity index (χ2v) is 16.9. The fourth-order valence-corrected chi connectivity index (χ4v) is 4.68. The molecule has 1 aliphatic rings. The number of pyridine rings is 1. The Bertz CT molecular complexity index is 1140. The number of alkyl carbamates (subject to hydrolysis) is 1. The number of hydrogen-bond donors (Lipinski definition) is 2. The fourth-order valence-electron chi connectivity index (χ4n) is 3.92. The average Bonchev–Trinajstić information content (AvgIpc) is 3.38. The largest absolute Gasteiger partial charge is 0.444 e. The summed E-state index contributed by atoms with van der Waals surface area (Å²) in [6.45, 7) is 13.8. The molecule has 0 spiro atoms. The molecule has 3 heterocycles. The summed E-state index contributed by atoms with van der Waals surface area (Å²) in [4.78, 5) is 16.7. The van der Waals surface area contributed by atoms with E-state index < -0.39 is 13.7 Å². The Labute approximate surface area is 206 Å². The normalized spacial score (nSPS) is 18.3. The Kier molecular flexibility index (Phi) is 7.18. The van der Waals surface area contributed by atoms with E-state index in [2.05, 4.69) is 45.5 Å². The van der Waals surface area contributed by atoms with Crippen LogP contribution in [0.4, 0.5) is 10.5 Å². The molecule has 190 valence electrons. The predicted molar refractivity (Wildman–Crippen MR) is 137 cm³/mol. The summed E-state index contributed by atoms with van der Waals surface area (Å²) in [5.74, 6) is 0.406. The lowest BCUT2D eigenvalue weighted by Gasteiger charge is -2.37. The first-order valence-corrected chi connectivity index (χ1v) is 15.8. The second-order valence-electron chi connectivity index (χ2n) is 11.3. The molecule has 0 atom stereocenters. The van der Waals surface area contributed by atoms with E-state index in [1.807, 2.05) is 37.6 Å². The van der Waals surface area contributed by atoms with Crippen LogP contribution in [0.3, 0.4) is 0 Å². The summed E-state index contributed by atoms with van der Waals surface area (Å²) >= 11 is 0. The smallest absolute Gasteiger partial charge is 0.407 e. The monoisotopic (exact) mass is 500 g/mol. The van der Waals surface area contributed by atoms with Gasteiger partial charge in [0.25, 0.3) is 5.89 Å². The first-order valence-electron chi connectivity index (χ1n) is 12.1. The summed E-state index contributed by atoms with van der Waals surface area (Å²) in [6, 6.07) is 3.39. The van der Waals surface area contributed by atoms with Crippen LogP contribution in [0.15, 0.2) is 29.3 Å². The van der Waals surface area contributed by atoms with Gasteiger partial charge in [-0.1, -0.05) is 19.6 Å². The summed E-state index contributed by atoms with van der Waals surface area (Å²) in [5, 5.41) is 15.4. The Morgan fingerprint density at radius 2 is 2.03 bits per heavy atom. The van der Waals surface area contributed by atoms with Gasteiger partial charge in [0.15, 0.2) is 0 Å². The molecule has 0 saturated heterocycles. The lowest BCUT2D eigenvalue weighted by Crippen LogP contribution is -2.50. The lowest BCUT2D eigenvalue weighted by molar-refractivity contribution is 0.0475. The van der Waals surface area contributed by atoms with Gasteiger partial charge in [0.1, 0.15) is 18.0 Å². The van der Waals surface area contributed by atoms with Gasteiger partial charge in [-0.25, -0.2) is 9.78 Å². The van der Waals surface area contributed by atoms with Gasteiger partial charge in [0.05, 0.1) is 11.3 Å². The maximum atomic E-state index is 12.1. The maximum Gasteiger partial charge on any atom is 0.407 e. The highest BCUT2D eigenvalue weighted by molar-refractivity contribution is 6.76. The quantitative estimate of drug-likeness (QED) is 0.316. The highest BCUT2D eigenvalue weighted by atomic mass is 28.3. The molecule has 0 aromatic carbocycles. The zero-order valence-corrected chi connectivity index (χ0v) is 22.4. The van der Waals surface area contributed by atoms with E-state index in [1.165, 1.54) is 6.39 Å². The van der Waals surface area contributed by atoms with Gasteiger partial charge in [0.2, 0.25) is 6.39 Å². The summed E-state index contributed by atoms with van der Waals surface area (Å²) in [6.07, 6.45) is 6.24. The van der Waals surface area contributed by atoms with Crippen molar-refractivity contribution in [1.29, 1.82) is 0 Å². The number of fused-ring (bicyclic) bond motifs is 1. The summed E-state index contributed by atoms with van der Waals surface area (Å²) < 4.78 is 18.8. The fraction of sp³-hybridized carbons (Fsp3) is 0.583. The molecule has 1 amide bonds. The first kappa shape index (κ1) is 25.2. The minimum Gasteiger partial charge on any atom is -0.444 e. The van der Waals surface area contributed by atoms with Crippen LogP contribution in [0.2, 0.25) is 25.7 Å². The van der Waals surface area contributed by atoms with Gasteiger partial charge in [-0.05, 0) is 45.7 Å². The van der Waals surface area contributed by atoms with Crippen molar-refractivity contribution in [3.8, 4) is 11.5 Å². The molecule has 3 aromatic rings. The topological polar surface area (TPSA) is 116 Å². The zero-order valence-electron chi connectivity index (χ0n) is 21.4. The molecule has 0 radical (unpaired) electrons. The third-order valence-corrected chi connectivity index (χ3v) is 7.52. The Morgan fingerprint density at radius 1 is 1.26 bits per heavy atom. The van der Waals surface area contributed by atoms with E-state index in [0.717, 1.165) is 47.8 Å². The Balaban J connectivity index is 1.46. The van der Waals surface area contributed by atoms with Crippen molar-refractivity contribution in [2.75, 3.05) is 11.9 Å². The molecule has 11 heteroatoms. The molecular weight excluding hydrogens is 464 g/mol. The average molecular weight is 501 g/mol. The number of anilines is 1. The van der Waals surface area contributed by atoms with E-state index in [-0.39, 0.29) is 18.2 Å². The van der Waals surface area contributed by atoms with Crippen LogP contribution in [-0.4, -0.2) is 58.2 Å².